The SMILES string of the molecule is CCC1CCN(CCc2ccc(C)cc2)C1. The first-order valence-electron chi connectivity index (χ1n) is 6.56. The van der Waals surface area contributed by atoms with Gasteiger partial charge < -0.3 is 4.90 Å². The van der Waals surface area contributed by atoms with Gasteiger partial charge in [0.25, 0.3) is 0 Å². The highest BCUT2D eigenvalue weighted by atomic mass is 15.1. The summed E-state index contributed by atoms with van der Waals surface area (Å²) < 4.78 is 0. The first-order chi connectivity index (χ1) is 7.78. The lowest BCUT2D eigenvalue weighted by Crippen LogP contribution is -2.23. The third-order valence-electron chi connectivity index (χ3n) is 3.78. The number of benzene rings is 1. The van der Waals surface area contributed by atoms with Gasteiger partial charge in [-0.1, -0.05) is 43.2 Å². The maximum atomic E-state index is 2.62. The normalized spacial score (nSPS) is 21.5. The molecule has 0 aromatic heterocycles. The monoisotopic (exact) mass is 217 g/mol. The van der Waals surface area contributed by atoms with E-state index < -0.39 is 0 Å². The second-order valence-electron chi connectivity index (χ2n) is 5.10. The molecule has 1 unspecified atom stereocenters. The zero-order chi connectivity index (χ0) is 11.4. The highest BCUT2D eigenvalue weighted by Gasteiger charge is 2.19. The Morgan fingerprint density at radius 1 is 1.25 bits per heavy atom. The summed E-state index contributed by atoms with van der Waals surface area (Å²) in [6, 6.07) is 8.97. The van der Waals surface area contributed by atoms with Gasteiger partial charge in [0.15, 0.2) is 0 Å². The molecule has 0 saturated carbocycles. The van der Waals surface area contributed by atoms with E-state index in [0.717, 1.165) is 5.92 Å². The van der Waals surface area contributed by atoms with Gasteiger partial charge in [-0.05, 0) is 37.8 Å². The minimum absolute atomic E-state index is 0.956. The Morgan fingerprint density at radius 2 is 2.00 bits per heavy atom. The van der Waals surface area contributed by atoms with E-state index >= 15 is 0 Å². The van der Waals surface area contributed by atoms with Crippen LogP contribution < -0.4 is 0 Å². The average molecular weight is 217 g/mol. The van der Waals surface area contributed by atoms with Crippen LogP contribution in [0, 0.1) is 12.8 Å². The minimum atomic E-state index is 0.956. The summed E-state index contributed by atoms with van der Waals surface area (Å²) in [6.45, 7) is 8.33. The minimum Gasteiger partial charge on any atom is -0.303 e. The Morgan fingerprint density at radius 3 is 2.62 bits per heavy atom. The molecule has 1 atom stereocenters. The molecule has 1 fully saturated rings. The van der Waals surface area contributed by atoms with Crippen LogP contribution in [0.1, 0.15) is 30.9 Å². The van der Waals surface area contributed by atoms with Crippen LogP contribution in [0.4, 0.5) is 0 Å². The van der Waals surface area contributed by atoms with Crippen LogP contribution in [0.15, 0.2) is 24.3 Å². The van der Waals surface area contributed by atoms with Crippen LogP contribution in [-0.2, 0) is 6.42 Å². The fraction of sp³-hybridized carbons (Fsp3) is 0.600. The smallest absolute Gasteiger partial charge is 0.00219 e. The molecular weight excluding hydrogens is 194 g/mol. The van der Waals surface area contributed by atoms with Gasteiger partial charge >= 0.3 is 0 Å². The number of likely N-dealkylation sites (tertiary alicyclic amines) is 1. The molecular formula is C15H23N. The molecule has 1 aliphatic rings. The molecule has 88 valence electrons. The molecule has 0 aliphatic carbocycles. The van der Waals surface area contributed by atoms with Gasteiger partial charge in [0, 0.05) is 13.1 Å². The van der Waals surface area contributed by atoms with E-state index in [1.54, 1.807) is 0 Å². The summed E-state index contributed by atoms with van der Waals surface area (Å²) in [5, 5.41) is 0. The van der Waals surface area contributed by atoms with Crippen LogP contribution in [0.2, 0.25) is 0 Å². The Hall–Kier alpha value is -0.820. The molecule has 0 N–H and O–H groups in total. The van der Waals surface area contributed by atoms with E-state index in [1.807, 2.05) is 0 Å². The molecule has 16 heavy (non-hydrogen) atoms. The van der Waals surface area contributed by atoms with Gasteiger partial charge in [0.1, 0.15) is 0 Å². The second kappa shape index (κ2) is 5.49. The Kier molecular flexibility index (Phi) is 4.00. The zero-order valence-electron chi connectivity index (χ0n) is 10.6. The lowest BCUT2D eigenvalue weighted by molar-refractivity contribution is 0.327. The Bertz CT molecular complexity index is 315. The highest BCUT2D eigenvalue weighted by Crippen LogP contribution is 2.19. The van der Waals surface area contributed by atoms with Crippen molar-refractivity contribution in [2.45, 2.75) is 33.1 Å². The lowest BCUT2D eigenvalue weighted by atomic mass is 10.1. The van der Waals surface area contributed by atoms with E-state index in [9.17, 15) is 0 Å². The number of aryl methyl sites for hydroxylation is 1. The second-order valence-corrected chi connectivity index (χ2v) is 5.10. The third kappa shape index (κ3) is 3.08. The molecule has 1 heterocycles. The van der Waals surface area contributed by atoms with Gasteiger partial charge in [0.05, 0.1) is 0 Å². The summed E-state index contributed by atoms with van der Waals surface area (Å²) in [6.07, 6.45) is 3.96. The molecule has 1 nitrogen and oxygen atoms in total. The molecule has 0 amide bonds. The van der Waals surface area contributed by atoms with Crippen molar-refractivity contribution in [2.24, 2.45) is 5.92 Å². The van der Waals surface area contributed by atoms with Gasteiger partial charge in [-0.15, -0.1) is 0 Å². The predicted molar refractivity (Wildman–Crippen MR) is 69.7 cm³/mol. The summed E-state index contributed by atoms with van der Waals surface area (Å²) in [5.74, 6) is 0.956. The van der Waals surface area contributed by atoms with E-state index in [-0.39, 0.29) is 0 Å². The van der Waals surface area contributed by atoms with Crippen molar-refractivity contribution in [3.63, 3.8) is 0 Å². The standard InChI is InChI=1S/C15H23N/c1-3-14-8-10-16(12-14)11-9-15-6-4-13(2)5-7-15/h4-7,14H,3,8-12H2,1-2H3. The number of hydrogen-bond donors (Lipinski definition) is 0. The fourth-order valence-electron chi connectivity index (χ4n) is 2.49. The molecule has 1 aromatic rings. The number of nitrogens with zero attached hydrogens (tertiary/aromatic N) is 1. The first kappa shape index (κ1) is 11.7. The van der Waals surface area contributed by atoms with Crippen LogP contribution in [0.5, 0.6) is 0 Å². The molecule has 1 saturated heterocycles. The van der Waals surface area contributed by atoms with Crippen molar-refractivity contribution in [3.8, 4) is 0 Å². The van der Waals surface area contributed by atoms with Gasteiger partial charge in [-0.25, -0.2) is 0 Å². The van der Waals surface area contributed by atoms with Crippen LogP contribution in [0.25, 0.3) is 0 Å². The van der Waals surface area contributed by atoms with Crippen LogP contribution in [0.3, 0.4) is 0 Å². The molecule has 0 radical (unpaired) electrons. The maximum Gasteiger partial charge on any atom is 0.00219 e. The van der Waals surface area contributed by atoms with E-state index in [4.69, 9.17) is 0 Å². The molecule has 2 rings (SSSR count). The molecule has 1 aliphatic heterocycles. The van der Waals surface area contributed by atoms with Gasteiger partial charge in [-0.3, -0.25) is 0 Å². The van der Waals surface area contributed by atoms with Gasteiger partial charge in [-0.2, -0.15) is 0 Å². The maximum absolute atomic E-state index is 2.62. The summed E-state index contributed by atoms with van der Waals surface area (Å²) in [4.78, 5) is 2.62. The number of rotatable bonds is 4. The zero-order valence-corrected chi connectivity index (χ0v) is 10.6. The lowest BCUT2D eigenvalue weighted by Gasteiger charge is -2.15. The predicted octanol–water partition coefficient (Wildman–Crippen LogP) is 3.27. The van der Waals surface area contributed by atoms with E-state index in [1.165, 1.54) is 50.0 Å². The van der Waals surface area contributed by atoms with Crippen molar-refractivity contribution in [1.82, 2.24) is 4.90 Å². The van der Waals surface area contributed by atoms with Crippen molar-refractivity contribution in [1.29, 1.82) is 0 Å². The highest BCUT2D eigenvalue weighted by molar-refractivity contribution is 5.21. The van der Waals surface area contributed by atoms with Crippen LogP contribution >= 0.6 is 0 Å². The summed E-state index contributed by atoms with van der Waals surface area (Å²) in [5.41, 5.74) is 2.83. The molecule has 0 bridgehead atoms. The van der Waals surface area contributed by atoms with Gasteiger partial charge in [0.2, 0.25) is 0 Å². The number of hydrogen-bond acceptors (Lipinski definition) is 1. The Balaban J connectivity index is 1.77. The van der Waals surface area contributed by atoms with E-state index in [0.29, 0.717) is 0 Å². The van der Waals surface area contributed by atoms with Crippen molar-refractivity contribution in [3.05, 3.63) is 35.4 Å². The Labute approximate surface area is 99.5 Å². The molecule has 1 aromatic carbocycles. The molecule has 1 heteroatoms. The average Bonchev–Trinajstić information content (AvgIpc) is 2.76. The van der Waals surface area contributed by atoms with Crippen molar-refractivity contribution < 1.29 is 0 Å². The summed E-state index contributed by atoms with van der Waals surface area (Å²) in [7, 11) is 0. The largest absolute Gasteiger partial charge is 0.303 e. The quantitative estimate of drug-likeness (QED) is 0.748. The van der Waals surface area contributed by atoms with E-state index in [2.05, 4.69) is 43.0 Å². The summed E-state index contributed by atoms with van der Waals surface area (Å²) >= 11 is 0. The van der Waals surface area contributed by atoms with Crippen LogP contribution in [-0.4, -0.2) is 24.5 Å². The first-order valence-corrected chi connectivity index (χ1v) is 6.56. The third-order valence-corrected chi connectivity index (χ3v) is 3.78. The van der Waals surface area contributed by atoms with Crippen molar-refractivity contribution in [2.75, 3.05) is 19.6 Å². The fourth-order valence-corrected chi connectivity index (χ4v) is 2.49. The molecule has 0 spiro atoms. The van der Waals surface area contributed by atoms with Crippen molar-refractivity contribution >= 4 is 0 Å². The topological polar surface area (TPSA) is 3.24 Å².